The highest BCUT2D eigenvalue weighted by molar-refractivity contribution is 6.34. The molecule has 0 aliphatic heterocycles. The third kappa shape index (κ3) is 7.11. The van der Waals surface area contributed by atoms with Crippen LogP contribution in [0.2, 0.25) is 5.02 Å². The van der Waals surface area contributed by atoms with Crippen molar-refractivity contribution in [3.05, 3.63) is 23.2 Å². The Morgan fingerprint density at radius 3 is 2.38 bits per heavy atom. The lowest BCUT2D eigenvalue weighted by molar-refractivity contribution is -0.116. The number of halogens is 1. The summed E-state index contributed by atoms with van der Waals surface area (Å²) in [5.41, 5.74) is 1.12. The van der Waals surface area contributed by atoms with E-state index in [2.05, 4.69) is 16.0 Å². The summed E-state index contributed by atoms with van der Waals surface area (Å²) in [5.74, 6) is -0.281. The average Bonchev–Trinajstić information content (AvgIpc) is 2.30. The molecule has 0 saturated heterocycles. The molecule has 3 N–H and O–H groups in total. The van der Waals surface area contributed by atoms with Gasteiger partial charge in [0.15, 0.2) is 0 Å². The van der Waals surface area contributed by atoms with Gasteiger partial charge in [-0.05, 0) is 39.0 Å². The number of carbonyl (C=O) groups is 2. The molecule has 5 nitrogen and oxygen atoms in total. The third-order valence-corrected chi connectivity index (χ3v) is 2.88. The first-order valence-electron chi connectivity index (χ1n) is 6.79. The van der Waals surface area contributed by atoms with Gasteiger partial charge in [0.1, 0.15) is 0 Å². The molecule has 0 atom stereocenters. The van der Waals surface area contributed by atoms with Gasteiger partial charge in [0, 0.05) is 31.1 Å². The zero-order valence-corrected chi connectivity index (χ0v) is 13.6. The van der Waals surface area contributed by atoms with E-state index in [-0.39, 0.29) is 17.4 Å². The largest absolute Gasteiger partial charge is 0.326 e. The van der Waals surface area contributed by atoms with Crippen LogP contribution < -0.4 is 16.0 Å². The maximum atomic E-state index is 11.8. The van der Waals surface area contributed by atoms with Gasteiger partial charge in [-0.25, -0.2) is 0 Å². The van der Waals surface area contributed by atoms with Crippen molar-refractivity contribution in [2.24, 2.45) is 0 Å². The Kier molecular flexibility index (Phi) is 6.18. The molecule has 1 aromatic carbocycles. The van der Waals surface area contributed by atoms with Gasteiger partial charge in [0.05, 0.1) is 10.7 Å². The summed E-state index contributed by atoms with van der Waals surface area (Å²) in [6.45, 7) is 8.16. The van der Waals surface area contributed by atoms with Gasteiger partial charge >= 0.3 is 0 Å². The SMILES string of the molecule is CC(=O)Nc1ccc(NC(=O)CCNC(C)(C)C)cc1Cl. The van der Waals surface area contributed by atoms with Crippen LogP contribution in [0.25, 0.3) is 0 Å². The van der Waals surface area contributed by atoms with Crippen molar-refractivity contribution in [1.29, 1.82) is 0 Å². The molecule has 1 rings (SSSR count). The Labute approximate surface area is 130 Å². The van der Waals surface area contributed by atoms with Gasteiger partial charge in [-0.15, -0.1) is 0 Å². The van der Waals surface area contributed by atoms with E-state index in [0.717, 1.165) is 0 Å². The monoisotopic (exact) mass is 311 g/mol. The fourth-order valence-corrected chi connectivity index (χ4v) is 1.89. The van der Waals surface area contributed by atoms with E-state index >= 15 is 0 Å². The number of amides is 2. The minimum Gasteiger partial charge on any atom is -0.326 e. The van der Waals surface area contributed by atoms with Gasteiger partial charge in [-0.1, -0.05) is 11.6 Å². The van der Waals surface area contributed by atoms with Crippen LogP contribution in [0.1, 0.15) is 34.1 Å². The average molecular weight is 312 g/mol. The highest BCUT2D eigenvalue weighted by atomic mass is 35.5. The second-order valence-electron chi connectivity index (χ2n) is 5.85. The van der Waals surface area contributed by atoms with Gasteiger partial charge < -0.3 is 16.0 Å². The summed E-state index contributed by atoms with van der Waals surface area (Å²) in [6.07, 6.45) is 0.377. The van der Waals surface area contributed by atoms with E-state index in [9.17, 15) is 9.59 Å². The fraction of sp³-hybridized carbons (Fsp3) is 0.467. The number of nitrogens with one attached hydrogen (secondary N) is 3. The molecule has 0 bridgehead atoms. The summed E-state index contributed by atoms with van der Waals surface area (Å²) in [5, 5.41) is 9.02. The summed E-state index contributed by atoms with van der Waals surface area (Å²) < 4.78 is 0. The second-order valence-corrected chi connectivity index (χ2v) is 6.26. The Balaban J connectivity index is 2.53. The molecule has 0 aliphatic carbocycles. The highest BCUT2D eigenvalue weighted by Gasteiger charge is 2.10. The van der Waals surface area contributed by atoms with Crippen LogP contribution in [-0.4, -0.2) is 23.9 Å². The van der Waals surface area contributed by atoms with Crippen LogP contribution in [0.5, 0.6) is 0 Å². The number of benzene rings is 1. The number of carbonyl (C=O) groups excluding carboxylic acids is 2. The van der Waals surface area contributed by atoms with Gasteiger partial charge in [0.25, 0.3) is 0 Å². The Morgan fingerprint density at radius 2 is 1.86 bits per heavy atom. The van der Waals surface area contributed by atoms with Crippen molar-refractivity contribution in [2.75, 3.05) is 17.2 Å². The summed E-state index contributed by atoms with van der Waals surface area (Å²) in [4.78, 5) is 22.8. The summed E-state index contributed by atoms with van der Waals surface area (Å²) in [6, 6.07) is 4.97. The van der Waals surface area contributed by atoms with Gasteiger partial charge in [-0.3, -0.25) is 9.59 Å². The Hall–Kier alpha value is -1.59. The molecule has 21 heavy (non-hydrogen) atoms. The van der Waals surface area contributed by atoms with Crippen molar-refractivity contribution in [2.45, 2.75) is 39.7 Å². The lowest BCUT2D eigenvalue weighted by Gasteiger charge is -2.20. The van der Waals surface area contributed by atoms with Gasteiger partial charge in [-0.2, -0.15) is 0 Å². The number of rotatable bonds is 5. The molecule has 0 radical (unpaired) electrons. The zero-order valence-electron chi connectivity index (χ0n) is 12.8. The molecular formula is C15H22ClN3O2. The molecule has 0 unspecified atom stereocenters. The van der Waals surface area contributed by atoms with Crippen LogP contribution in [0, 0.1) is 0 Å². The molecule has 116 valence electrons. The fourth-order valence-electron chi connectivity index (χ4n) is 1.66. The maximum absolute atomic E-state index is 11.8. The predicted molar refractivity (Wildman–Crippen MR) is 86.8 cm³/mol. The van der Waals surface area contributed by atoms with E-state index in [0.29, 0.717) is 29.4 Å². The Morgan fingerprint density at radius 1 is 1.19 bits per heavy atom. The summed E-state index contributed by atoms with van der Waals surface area (Å²) in [7, 11) is 0. The van der Waals surface area contributed by atoms with E-state index in [1.54, 1.807) is 18.2 Å². The molecule has 0 saturated carbocycles. The minimum absolute atomic E-state index is 0.0103. The number of hydrogen-bond donors (Lipinski definition) is 3. The molecule has 0 aromatic heterocycles. The van der Waals surface area contributed by atoms with Crippen LogP contribution in [0.15, 0.2) is 18.2 Å². The zero-order chi connectivity index (χ0) is 16.0. The molecule has 0 spiro atoms. The first-order chi connectivity index (χ1) is 9.67. The molecule has 6 heteroatoms. The number of anilines is 2. The predicted octanol–water partition coefficient (Wildman–Crippen LogP) is 3.02. The standard InChI is InChI=1S/C15H22ClN3O2/c1-10(20)18-13-6-5-11(9-12(13)16)19-14(21)7-8-17-15(2,3)4/h5-6,9,17H,7-8H2,1-4H3,(H,18,20)(H,19,21). The molecule has 0 heterocycles. The maximum Gasteiger partial charge on any atom is 0.225 e. The first kappa shape index (κ1) is 17.5. The van der Waals surface area contributed by atoms with E-state index in [1.165, 1.54) is 6.92 Å². The third-order valence-electron chi connectivity index (χ3n) is 2.57. The van der Waals surface area contributed by atoms with E-state index in [1.807, 2.05) is 20.8 Å². The van der Waals surface area contributed by atoms with Crippen molar-refractivity contribution >= 4 is 34.8 Å². The van der Waals surface area contributed by atoms with Crippen LogP contribution >= 0.6 is 11.6 Å². The van der Waals surface area contributed by atoms with E-state index < -0.39 is 0 Å². The lowest BCUT2D eigenvalue weighted by atomic mass is 10.1. The van der Waals surface area contributed by atoms with Gasteiger partial charge in [0.2, 0.25) is 11.8 Å². The smallest absolute Gasteiger partial charge is 0.225 e. The lowest BCUT2D eigenvalue weighted by Crippen LogP contribution is -2.37. The van der Waals surface area contributed by atoms with Crippen molar-refractivity contribution in [3.8, 4) is 0 Å². The first-order valence-corrected chi connectivity index (χ1v) is 7.17. The molecular weight excluding hydrogens is 290 g/mol. The van der Waals surface area contributed by atoms with Crippen LogP contribution in [0.4, 0.5) is 11.4 Å². The second kappa shape index (κ2) is 7.43. The highest BCUT2D eigenvalue weighted by Crippen LogP contribution is 2.25. The van der Waals surface area contributed by atoms with Crippen molar-refractivity contribution in [1.82, 2.24) is 5.32 Å². The van der Waals surface area contributed by atoms with Crippen LogP contribution in [-0.2, 0) is 9.59 Å². The quantitative estimate of drug-likeness (QED) is 0.783. The molecule has 1 aromatic rings. The topological polar surface area (TPSA) is 70.2 Å². The molecule has 0 aliphatic rings. The van der Waals surface area contributed by atoms with E-state index in [4.69, 9.17) is 11.6 Å². The number of hydrogen-bond acceptors (Lipinski definition) is 3. The van der Waals surface area contributed by atoms with Crippen LogP contribution in [0.3, 0.4) is 0 Å². The molecule has 0 fully saturated rings. The summed E-state index contributed by atoms with van der Waals surface area (Å²) >= 11 is 6.04. The minimum atomic E-state index is -0.193. The van der Waals surface area contributed by atoms with Crippen molar-refractivity contribution < 1.29 is 9.59 Å². The molecule has 2 amide bonds. The Bertz CT molecular complexity index is 524. The normalized spacial score (nSPS) is 11.1. The van der Waals surface area contributed by atoms with Crippen molar-refractivity contribution in [3.63, 3.8) is 0 Å².